The van der Waals surface area contributed by atoms with Crippen molar-refractivity contribution in [2.24, 2.45) is 0 Å². The average molecular weight is 266 g/mol. The Morgan fingerprint density at radius 3 is 3.16 bits per heavy atom. The van der Waals surface area contributed by atoms with Gasteiger partial charge in [0.2, 0.25) is 11.7 Å². The van der Waals surface area contributed by atoms with Crippen LogP contribution in [0.5, 0.6) is 0 Å². The van der Waals surface area contributed by atoms with E-state index < -0.39 is 0 Å². The summed E-state index contributed by atoms with van der Waals surface area (Å²) in [6, 6.07) is 0. The summed E-state index contributed by atoms with van der Waals surface area (Å²) in [5.41, 5.74) is -0.0235. The summed E-state index contributed by atoms with van der Waals surface area (Å²) in [6.07, 6.45) is 0.991. The first kappa shape index (κ1) is 13.0. The van der Waals surface area contributed by atoms with E-state index >= 15 is 0 Å². The molecule has 0 amide bonds. The van der Waals surface area contributed by atoms with Gasteiger partial charge in [-0.2, -0.15) is 4.98 Å². The second-order valence-electron chi connectivity index (χ2n) is 5.70. The van der Waals surface area contributed by atoms with Crippen LogP contribution in [0.3, 0.4) is 0 Å². The average Bonchev–Trinajstić information content (AvgIpc) is 3.08. The van der Waals surface area contributed by atoms with Gasteiger partial charge in [0.1, 0.15) is 6.10 Å². The highest BCUT2D eigenvalue weighted by molar-refractivity contribution is 5.08. The van der Waals surface area contributed by atoms with Gasteiger partial charge in [0.25, 0.3) is 0 Å². The monoisotopic (exact) mass is 266 g/mol. The minimum absolute atomic E-state index is 0.0235. The topological polar surface area (TPSA) is 63.4 Å². The standard InChI is InChI=1S/C13H22N4O2/c1-3-17-6-7-18-10(8-17)11-15-12(19-16-11)13(2)4-5-14-9-13/h10,14H,3-9H2,1-2H3. The molecule has 2 saturated heterocycles. The maximum absolute atomic E-state index is 5.76. The Kier molecular flexibility index (Phi) is 3.56. The molecular weight excluding hydrogens is 244 g/mol. The normalized spacial score (nSPS) is 32.8. The first-order valence-corrected chi connectivity index (χ1v) is 7.10. The largest absolute Gasteiger partial charge is 0.367 e. The first-order valence-electron chi connectivity index (χ1n) is 7.10. The van der Waals surface area contributed by atoms with Crippen LogP contribution in [0.15, 0.2) is 4.52 Å². The van der Waals surface area contributed by atoms with Crippen molar-refractivity contribution in [3.63, 3.8) is 0 Å². The van der Waals surface area contributed by atoms with Crippen LogP contribution in [0.25, 0.3) is 0 Å². The van der Waals surface area contributed by atoms with Gasteiger partial charge in [0, 0.05) is 19.6 Å². The van der Waals surface area contributed by atoms with E-state index in [9.17, 15) is 0 Å². The number of aromatic nitrogens is 2. The van der Waals surface area contributed by atoms with Crippen molar-refractivity contribution < 1.29 is 9.26 Å². The first-order chi connectivity index (χ1) is 9.21. The molecule has 2 aliphatic heterocycles. The Bertz CT molecular complexity index is 428. The zero-order chi connectivity index (χ0) is 13.3. The molecule has 1 N–H and O–H groups in total. The molecule has 0 radical (unpaired) electrons. The molecule has 2 atom stereocenters. The molecule has 0 aromatic carbocycles. The van der Waals surface area contributed by atoms with E-state index in [-0.39, 0.29) is 11.5 Å². The van der Waals surface area contributed by atoms with E-state index in [0.717, 1.165) is 51.6 Å². The van der Waals surface area contributed by atoms with Crippen LogP contribution < -0.4 is 5.32 Å². The predicted molar refractivity (Wildman–Crippen MR) is 69.9 cm³/mol. The molecule has 2 fully saturated rings. The van der Waals surface area contributed by atoms with Gasteiger partial charge in [0.15, 0.2) is 0 Å². The van der Waals surface area contributed by atoms with E-state index in [1.54, 1.807) is 0 Å². The number of rotatable bonds is 3. The molecule has 6 heteroatoms. The minimum atomic E-state index is -0.0517. The molecule has 19 heavy (non-hydrogen) atoms. The second kappa shape index (κ2) is 5.19. The lowest BCUT2D eigenvalue weighted by atomic mass is 9.90. The maximum Gasteiger partial charge on any atom is 0.234 e. The summed E-state index contributed by atoms with van der Waals surface area (Å²) in [5.74, 6) is 1.44. The summed E-state index contributed by atoms with van der Waals surface area (Å²) >= 11 is 0. The van der Waals surface area contributed by atoms with Crippen LogP contribution in [0.2, 0.25) is 0 Å². The molecule has 1 aromatic rings. The lowest BCUT2D eigenvalue weighted by Gasteiger charge is -2.30. The van der Waals surface area contributed by atoms with Crippen molar-refractivity contribution in [3.05, 3.63) is 11.7 Å². The van der Waals surface area contributed by atoms with E-state index in [1.807, 2.05) is 0 Å². The summed E-state index contributed by atoms with van der Waals surface area (Å²) in [6.45, 7) is 9.86. The smallest absolute Gasteiger partial charge is 0.234 e. The number of hydrogen-bond donors (Lipinski definition) is 1. The lowest BCUT2D eigenvalue weighted by Crippen LogP contribution is -2.38. The summed E-state index contributed by atoms with van der Waals surface area (Å²) < 4.78 is 11.2. The van der Waals surface area contributed by atoms with Gasteiger partial charge in [-0.1, -0.05) is 12.1 Å². The number of nitrogens with one attached hydrogen (secondary N) is 1. The molecule has 0 aliphatic carbocycles. The van der Waals surface area contributed by atoms with E-state index in [2.05, 4.69) is 34.2 Å². The Morgan fingerprint density at radius 1 is 1.53 bits per heavy atom. The summed E-state index contributed by atoms with van der Waals surface area (Å²) in [4.78, 5) is 6.94. The Labute approximate surface area is 113 Å². The van der Waals surface area contributed by atoms with Gasteiger partial charge in [-0.25, -0.2) is 0 Å². The third-order valence-corrected chi connectivity index (χ3v) is 4.21. The summed E-state index contributed by atoms with van der Waals surface area (Å²) in [7, 11) is 0. The fourth-order valence-electron chi connectivity index (χ4n) is 2.76. The van der Waals surface area contributed by atoms with Gasteiger partial charge in [0.05, 0.1) is 12.0 Å². The van der Waals surface area contributed by atoms with Gasteiger partial charge < -0.3 is 14.6 Å². The molecule has 3 rings (SSSR count). The third kappa shape index (κ3) is 2.52. The van der Waals surface area contributed by atoms with E-state index in [4.69, 9.17) is 9.26 Å². The highest BCUT2D eigenvalue weighted by atomic mass is 16.5. The minimum Gasteiger partial charge on any atom is -0.367 e. The molecule has 2 unspecified atom stereocenters. The molecule has 6 nitrogen and oxygen atoms in total. The van der Waals surface area contributed by atoms with Crippen LogP contribution >= 0.6 is 0 Å². The van der Waals surface area contributed by atoms with Gasteiger partial charge in [-0.15, -0.1) is 0 Å². The number of ether oxygens (including phenoxy) is 1. The molecule has 2 aliphatic rings. The van der Waals surface area contributed by atoms with Crippen molar-refractivity contribution in [1.29, 1.82) is 0 Å². The van der Waals surface area contributed by atoms with E-state index in [0.29, 0.717) is 5.82 Å². The molecule has 0 saturated carbocycles. The zero-order valence-corrected chi connectivity index (χ0v) is 11.7. The van der Waals surface area contributed by atoms with Crippen molar-refractivity contribution in [3.8, 4) is 0 Å². The maximum atomic E-state index is 5.76. The molecular formula is C13H22N4O2. The molecule has 0 spiro atoms. The highest BCUT2D eigenvalue weighted by Crippen LogP contribution is 2.30. The Balaban J connectivity index is 1.74. The van der Waals surface area contributed by atoms with Crippen molar-refractivity contribution in [2.45, 2.75) is 31.8 Å². The molecule has 1 aromatic heterocycles. The van der Waals surface area contributed by atoms with Crippen molar-refractivity contribution >= 4 is 0 Å². The second-order valence-corrected chi connectivity index (χ2v) is 5.70. The van der Waals surface area contributed by atoms with E-state index in [1.165, 1.54) is 0 Å². The molecule has 3 heterocycles. The van der Waals surface area contributed by atoms with Crippen LogP contribution in [0.1, 0.15) is 38.1 Å². The van der Waals surface area contributed by atoms with Crippen molar-refractivity contribution in [2.75, 3.05) is 39.3 Å². The number of nitrogens with zero attached hydrogens (tertiary/aromatic N) is 3. The van der Waals surface area contributed by atoms with Crippen LogP contribution in [0.4, 0.5) is 0 Å². The third-order valence-electron chi connectivity index (χ3n) is 4.21. The molecule has 0 bridgehead atoms. The fraction of sp³-hybridized carbons (Fsp3) is 0.846. The van der Waals surface area contributed by atoms with Gasteiger partial charge in [-0.3, -0.25) is 4.90 Å². The summed E-state index contributed by atoms with van der Waals surface area (Å²) in [5, 5.41) is 7.48. The SMILES string of the molecule is CCN1CCOC(c2noc(C3(C)CCNC3)n2)C1. The highest BCUT2D eigenvalue weighted by Gasteiger charge is 2.37. The van der Waals surface area contributed by atoms with Gasteiger partial charge in [-0.05, 0) is 26.4 Å². The van der Waals surface area contributed by atoms with Crippen LogP contribution in [-0.2, 0) is 10.2 Å². The number of morpholine rings is 1. The zero-order valence-electron chi connectivity index (χ0n) is 11.7. The lowest BCUT2D eigenvalue weighted by molar-refractivity contribution is -0.0334. The number of likely N-dealkylation sites (N-methyl/N-ethyl adjacent to an activating group) is 1. The quantitative estimate of drug-likeness (QED) is 0.869. The van der Waals surface area contributed by atoms with Crippen LogP contribution in [0, 0.1) is 0 Å². The molecule has 106 valence electrons. The predicted octanol–water partition coefficient (Wildman–Crippen LogP) is 0.714. The van der Waals surface area contributed by atoms with Crippen molar-refractivity contribution in [1.82, 2.24) is 20.4 Å². The van der Waals surface area contributed by atoms with Gasteiger partial charge >= 0.3 is 0 Å². The fourth-order valence-corrected chi connectivity index (χ4v) is 2.76. The van der Waals surface area contributed by atoms with Crippen LogP contribution in [-0.4, -0.2) is 54.4 Å². The Morgan fingerprint density at radius 2 is 2.42 bits per heavy atom. The Hall–Kier alpha value is -0.980. The number of hydrogen-bond acceptors (Lipinski definition) is 6.